The number of rotatable bonds is 7. The van der Waals surface area contributed by atoms with Gasteiger partial charge in [-0.25, -0.2) is 0 Å². The molecule has 0 spiro atoms. The SMILES string of the molecule is CCNC(=NCCc1c(C)noc1C)N1CCN(C/C=C/c2ccccc2)CC1. The number of hydrogen-bond acceptors (Lipinski definition) is 4. The van der Waals surface area contributed by atoms with Gasteiger partial charge in [-0.15, -0.1) is 0 Å². The van der Waals surface area contributed by atoms with Crippen LogP contribution in [0.2, 0.25) is 0 Å². The van der Waals surface area contributed by atoms with Crippen LogP contribution in [0.5, 0.6) is 0 Å². The van der Waals surface area contributed by atoms with Crippen molar-refractivity contribution in [2.75, 3.05) is 45.8 Å². The fraction of sp³-hybridized carbons (Fsp3) is 0.478. The van der Waals surface area contributed by atoms with Crippen LogP contribution in [-0.2, 0) is 6.42 Å². The van der Waals surface area contributed by atoms with Crippen molar-refractivity contribution in [1.82, 2.24) is 20.3 Å². The van der Waals surface area contributed by atoms with Crippen LogP contribution in [0.25, 0.3) is 6.08 Å². The van der Waals surface area contributed by atoms with Gasteiger partial charge in [-0.2, -0.15) is 0 Å². The number of nitrogens with one attached hydrogen (secondary N) is 1. The zero-order valence-corrected chi connectivity index (χ0v) is 17.9. The molecule has 1 aliphatic heterocycles. The van der Waals surface area contributed by atoms with E-state index in [9.17, 15) is 0 Å². The number of nitrogens with zero attached hydrogens (tertiary/aromatic N) is 4. The Labute approximate surface area is 174 Å². The third kappa shape index (κ3) is 6.19. The van der Waals surface area contributed by atoms with Crippen molar-refractivity contribution in [1.29, 1.82) is 0 Å². The number of hydrogen-bond donors (Lipinski definition) is 1. The van der Waals surface area contributed by atoms with Crippen LogP contribution in [0, 0.1) is 13.8 Å². The molecule has 2 aromatic rings. The molecule has 1 aromatic carbocycles. The lowest BCUT2D eigenvalue weighted by Gasteiger charge is -2.36. The first-order chi connectivity index (χ1) is 14.2. The second kappa shape index (κ2) is 10.8. The second-order valence-corrected chi connectivity index (χ2v) is 7.39. The standard InChI is InChI=1S/C23H33N5O/c1-4-24-23(25-13-12-22-19(2)26-29-20(22)3)28-17-15-27(16-18-28)14-8-11-21-9-6-5-7-10-21/h5-11H,4,12-18H2,1-3H3,(H,24,25)/b11-8+. The topological polar surface area (TPSA) is 56.9 Å². The highest BCUT2D eigenvalue weighted by atomic mass is 16.5. The van der Waals surface area contributed by atoms with E-state index in [0.717, 1.165) is 69.6 Å². The third-order valence-corrected chi connectivity index (χ3v) is 5.28. The highest BCUT2D eigenvalue weighted by Crippen LogP contribution is 2.13. The molecule has 6 heteroatoms. The van der Waals surface area contributed by atoms with Crippen LogP contribution >= 0.6 is 0 Å². The van der Waals surface area contributed by atoms with Gasteiger partial charge in [-0.1, -0.05) is 47.6 Å². The van der Waals surface area contributed by atoms with Gasteiger partial charge in [-0.3, -0.25) is 9.89 Å². The van der Waals surface area contributed by atoms with Crippen LogP contribution in [-0.4, -0.2) is 66.7 Å². The zero-order valence-electron chi connectivity index (χ0n) is 17.9. The predicted octanol–water partition coefficient (Wildman–Crippen LogP) is 3.13. The van der Waals surface area contributed by atoms with E-state index in [4.69, 9.17) is 9.52 Å². The molecule has 1 saturated heterocycles. The molecule has 0 saturated carbocycles. The lowest BCUT2D eigenvalue weighted by molar-refractivity contribution is 0.194. The van der Waals surface area contributed by atoms with Crippen molar-refractivity contribution >= 4 is 12.0 Å². The molecular weight excluding hydrogens is 362 g/mol. The van der Waals surface area contributed by atoms with Crippen LogP contribution < -0.4 is 5.32 Å². The Balaban J connectivity index is 1.48. The summed E-state index contributed by atoms with van der Waals surface area (Å²) in [5.41, 5.74) is 3.41. The van der Waals surface area contributed by atoms with E-state index in [1.165, 1.54) is 11.1 Å². The van der Waals surface area contributed by atoms with Gasteiger partial charge < -0.3 is 14.7 Å². The van der Waals surface area contributed by atoms with E-state index in [1.807, 2.05) is 13.8 Å². The molecule has 1 aromatic heterocycles. The fourth-order valence-corrected chi connectivity index (χ4v) is 3.60. The first-order valence-electron chi connectivity index (χ1n) is 10.6. The largest absolute Gasteiger partial charge is 0.361 e. The summed E-state index contributed by atoms with van der Waals surface area (Å²) < 4.78 is 5.25. The minimum absolute atomic E-state index is 0.741. The van der Waals surface area contributed by atoms with Gasteiger partial charge in [0.1, 0.15) is 5.76 Å². The molecular formula is C23H33N5O. The summed E-state index contributed by atoms with van der Waals surface area (Å²) in [4.78, 5) is 9.71. The number of piperazine rings is 1. The monoisotopic (exact) mass is 395 g/mol. The second-order valence-electron chi connectivity index (χ2n) is 7.39. The van der Waals surface area contributed by atoms with Crippen molar-refractivity contribution in [3.05, 3.63) is 59.0 Å². The van der Waals surface area contributed by atoms with E-state index in [2.05, 4.69) is 69.7 Å². The minimum atomic E-state index is 0.741. The molecule has 1 N–H and O–H groups in total. The van der Waals surface area contributed by atoms with Gasteiger partial charge in [0, 0.05) is 51.4 Å². The molecule has 29 heavy (non-hydrogen) atoms. The molecule has 6 nitrogen and oxygen atoms in total. The Morgan fingerprint density at radius 2 is 1.93 bits per heavy atom. The molecule has 0 unspecified atom stereocenters. The summed E-state index contributed by atoms with van der Waals surface area (Å²) in [5, 5.41) is 7.48. The number of aromatic nitrogens is 1. The summed E-state index contributed by atoms with van der Waals surface area (Å²) in [6.45, 7) is 12.8. The lowest BCUT2D eigenvalue weighted by Crippen LogP contribution is -2.52. The molecule has 0 radical (unpaired) electrons. The maximum Gasteiger partial charge on any atom is 0.194 e. The Hall–Kier alpha value is -2.60. The molecule has 0 atom stereocenters. The van der Waals surface area contributed by atoms with Gasteiger partial charge >= 0.3 is 0 Å². The third-order valence-electron chi connectivity index (χ3n) is 5.28. The molecule has 1 aliphatic rings. The van der Waals surface area contributed by atoms with Crippen molar-refractivity contribution < 1.29 is 4.52 Å². The Morgan fingerprint density at radius 3 is 2.59 bits per heavy atom. The summed E-state index contributed by atoms with van der Waals surface area (Å²) in [6.07, 6.45) is 5.32. The highest BCUT2D eigenvalue weighted by Gasteiger charge is 2.18. The number of aryl methyl sites for hydroxylation is 2. The van der Waals surface area contributed by atoms with Gasteiger partial charge in [-0.05, 0) is 32.8 Å². The fourth-order valence-electron chi connectivity index (χ4n) is 3.60. The molecule has 3 rings (SSSR count). The van der Waals surface area contributed by atoms with Crippen LogP contribution in [0.4, 0.5) is 0 Å². The van der Waals surface area contributed by atoms with Gasteiger partial charge in [0.05, 0.1) is 5.69 Å². The van der Waals surface area contributed by atoms with E-state index >= 15 is 0 Å². The van der Waals surface area contributed by atoms with Gasteiger partial charge in [0.25, 0.3) is 0 Å². The molecule has 156 valence electrons. The van der Waals surface area contributed by atoms with Crippen molar-refractivity contribution in [3.8, 4) is 0 Å². The Morgan fingerprint density at radius 1 is 1.17 bits per heavy atom. The van der Waals surface area contributed by atoms with Crippen LogP contribution in [0.15, 0.2) is 45.9 Å². The van der Waals surface area contributed by atoms with Crippen molar-refractivity contribution in [2.45, 2.75) is 27.2 Å². The number of guanidine groups is 1. The summed E-state index contributed by atoms with van der Waals surface area (Å²) >= 11 is 0. The quantitative estimate of drug-likeness (QED) is 0.577. The summed E-state index contributed by atoms with van der Waals surface area (Å²) in [6, 6.07) is 10.5. The maximum absolute atomic E-state index is 5.25. The van der Waals surface area contributed by atoms with Crippen molar-refractivity contribution in [2.24, 2.45) is 4.99 Å². The average molecular weight is 396 g/mol. The molecule has 0 amide bonds. The van der Waals surface area contributed by atoms with E-state index in [0.29, 0.717) is 0 Å². The lowest BCUT2D eigenvalue weighted by atomic mass is 10.1. The summed E-state index contributed by atoms with van der Waals surface area (Å²) in [7, 11) is 0. The Bertz CT molecular complexity index is 784. The first kappa shape index (κ1) is 21.1. The normalized spacial score (nSPS) is 16.0. The predicted molar refractivity (Wildman–Crippen MR) is 119 cm³/mol. The zero-order chi connectivity index (χ0) is 20.5. The minimum Gasteiger partial charge on any atom is -0.361 e. The van der Waals surface area contributed by atoms with E-state index in [1.54, 1.807) is 0 Å². The van der Waals surface area contributed by atoms with Gasteiger partial charge in [0.15, 0.2) is 5.96 Å². The first-order valence-corrected chi connectivity index (χ1v) is 10.6. The molecule has 1 fully saturated rings. The van der Waals surface area contributed by atoms with Crippen LogP contribution in [0.1, 0.15) is 29.5 Å². The smallest absolute Gasteiger partial charge is 0.194 e. The Kier molecular flexibility index (Phi) is 7.87. The van der Waals surface area contributed by atoms with Crippen molar-refractivity contribution in [3.63, 3.8) is 0 Å². The molecule has 2 heterocycles. The van der Waals surface area contributed by atoms with Crippen LogP contribution in [0.3, 0.4) is 0 Å². The van der Waals surface area contributed by atoms with E-state index in [-0.39, 0.29) is 0 Å². The molecule has 0 bridgehead atoms. The highest BCUT2D eigenvalue weighted by molar-refractivity contribution is 5.80. The number of benzene rings is 1. The molecule has 0 aliphatic carbocycles. The number of aliphatic imine (C=N–C) groups is 1. The van der Waals surface area contributed by atoms with E-state index < -0.39 is 0 Å². The average Bonchev–Trinajstić information content (AvgIpc) is 3.06. The summed E-state index contributed by atoms with van der Waals surface area (Å²) in [5.74, 6) is 1.92. The maximum atomic E-state index is 5.25. The van der Waals surface area contributed by atoms with Gasteiger partial charge in [0.2, 0.25) is 0 Å².